The van der Waals surface area contributed by atoms with E-state index in [1.54, 1.807) is 6.08 Å². The van der Waals surface area contributed by atoms with Crippen LogP contribution in [0.2, 0.25) is 0 Å². The Morgan fingerprint density at radius 1 is 1.00 bits per heavy atom. The van der Waals surface area contributed by atoms with Gasteiger partial charge in [0.15, 0.2) is 0 Å². The lowest BCUT2D eigenvalue weighted by Crippen LogP contribution is -2.52. The molecule has 1 aliphatic heterocycles. The van der Waals surface area contributed by atoms with E-state index in [4.69, 9.17) is 0 Å². The van der Waals surface area contributed by atoms with Gasteiger partial charge in [-0.05, 0) is 48.8 Å². The number of nitrogens with zero attached hydrogens (tertiary/aromatic N) is 1. The van der Waals surface area contributed by atoms with E-state index in [1.807, 2.05) is 23.1 Å². The zero-order valence-electron chi connectivity index (χ0n) is 18.2. The molecule has 2 aliphatic rings. The second-order valence-electron chi connectivity index (χ2n) is 8.97. The molecule has 1 saturated carbocycles. The van der Waals surface area contributed by atoms with Crippen molar-refractivity contribution in [3.63, 3.8) is 0 Å². The molecule has 2 amide bonds. The highest BCUT2D eigenvalue weighted by Crippen LogP contribution is 2.38. The maximum absolute atomic E-state index is 13.2. The summed E-state index contributed by atoms with van der Waals surface area (Å²) in [5, 5.41) is 3.03. The van der Waals surface area contributed by atoms with E-state index in [0.29, 0.717) is 44.8 Å². The van der Waals surface area contributed by atoms with Gasteiger partial charge in [-0.15, -0.1) is 6.58 Å². The molecule has 31 heavy (non-hydrogen) atoms. The Balaban J connectivity index is 1.48. The molecular formula is C27H32N2O2. The standard InChI is InChI=1S/C27H32N2O2/c1-2-17-28-26(31)27(15-18-29(19-16-27)25(30)24-9-6-10-24)20-21-11-13-23(14-12-21)22-7-4-3-5-8-22/h2-5,7-8,11-14,24H,1,6,9-10,15-20H2,(H,28,31). The first-order valence-electron chi connectivity index (χ1n) is 11.4. The van der Waals surface area contributed by atoms with Crippen molar-refractivity contribution in [2.24, 2.45) is 11.3 Å². The van der Waals surface area contributed by atoms with Crippen molar-refractivity contribution in [3.8, 4) is 11.1 Å². The minimum absolute atomic E-state index is 0.0790. The average Bonchev–Trinajstić information content (AvgIpc) is 2.78. The zero-order chi connectivity index (χ0) is 21.7. The Hall–Kier alpha value is -2.88. The first kappa shape index (κ1) is 21.4. The molecule has 0 unspecified atom stereocenters. The summed E-state index contributed by atoms with van der Waals surface area (Å²) < 4.78 is 0. The highest BCUT2D eigenvalue weighted by molar-refractivity contribution is 5.84. The van der Waals surface area contributed by atoms with Gasteiger partial charge in [-0.3, -0.25) is 9.59 Å². The van der Waals surface area contributed by atoms with Crippen LogP contribution in [-0.4, -0.2) is 36.3 Å². The predicted molar refractivity (Wildman–Crippen MR) is 124 cm³/mol. The molecule has 4 rings (SSSR count). The highest BCUT2D eigenvalue weighted by atomic mass is 16.2. The number of nitrogens with one attached hydrogen (secondary N) is 1. The summed E-state index contributed by atoms with van der Waals surface area (Å²) in [4.78, 5) is 27.9. The molecule has 2 aromatic rings. The quantitative estimate of drug-likeness (QED) is 0.670. The minimum atomic E-state index is -0.479. The lowest BCUT2D eigenvalue weighted by Gasteiger charge is -2.42. The number of piperidine rings is 1. The van der Waals surface area contributed by atoms with Gasteiger partial charge in [0.25, 0.3) is 0 Å². The maximum atomic E-state index is 13.2. The third kappa shape index (κ3) is 4.73. The third-order valence-corrected chi connectivity index (χ3v) is 6.98. The number of hydrogen-bond acceptors (Lipinski definition) is 2. The number of rotatable bonds is 7. The molecule has 2 fully saturated rings. The normalized spacial score (nSPS) is 18.1. The van der Waals surface area contributed by atoms with E-state index < -0.39 is 5.41 Å². The van der Waals surface area contributed by atoms with Crippen LogP contribution in [0.25, 0.3) is 11.1 Å². The van der Waals surface area contributed by atoms with Crippen LogP contribution in [0.5, 0.6) is 0 Å². The van der Waals surface area contributed by atoms with Gasteiger partial charge in [0.05, 0.1) is 5.41 Å². The first-order chi connectivity index (χ1) is 15.1. The number of benzene rings is 2. The maximum Gasteiger partial charge on any atom is 0.226 e. The van der Waals surface area contributed by atoms with Gasteiger partial charge in [-0.25, -0.2) is 0 Å². The van der Waals surface area contributed by atoms with Crippen molar-refractivity contribution < 1.29 is 9.59 Å². The van der Waals surface area contributed by atoms with E-state index in [-0.39, 0.29) is 11.8 Å². The molecule has 2 aromatic carbocycles. The number of hydrogen-bond donors (Lipinski definition) is 1. The third-order valence-electron chi connectivity index (χ3n) is 6.98. The summed E-state index contributed by atoms with van der Waals surface area (Å²) in [6, 6.07) is 18.9. The molecule has 0 atom stereocenters. The lowest BCUT2D eigenvalue weighted by molar-refractivity contribution is -0.144. The van der Waals surface area contributed by atoms with Gasteiger partial charge in [-0.1, -0.05) is 67.1 Å². The van der Waals surface area contributed by atoms with Crippen LogP contribution in [0.4, 0.5) is 0 Å². The summed E-state index contributed by atoms with van der Waals surface area (Å²) in [6.07, 6.45) is 7.02. The zero-order valence-corrected chi connectivity index (χ0v) is 18.2. The van der Waals surface area contributed by atoms with Crippen LogP contribution in [0, 0.1) is 11.3 Å². The second-order valence-corrected chi connectivity index (χ2v) is 8.97. The van der Waals surface area contributed by atoms with Gasteiger partial charge in [-0.2, -0.15) is 0 Å². The van der Waals surface area contributed by atoms with E-state index >= 15 is 0 Å². The number of amides is 2. The number of carbonyl (C=O) groups is 2. The molecule has 0 aromatic heterocycles. The smallest absolute Gasteiger partial charge is 0.226 e. The van der Waals surface area contributed by atoms with Crippen LogP contribution in [0.15, 0.2) is 67.3 Å². The molecule has 1 saturated heterocycles. The molecule has 1 heterocycles. The Kier molecular flexibility index (Phi) is 6.55. The van der Waals surface area contributed by atoms with Crippen LogP contribution in [-0.2, 0) is 16.0 Å². The van der Waals surface area contributed by atoms with Gasteiger partial charge < -0.3 is 10.2 Å². The number of likely N-dealkylation sites (tertiary alicyclic amines) is 1. The summed E-state index contributed by atoms with van der Waals surface area (Å²) in [7, 11) is 0. The molecule has 0 spiro atoms. The van der Waals surface area contributed by atoms with Crippen molar-refractivity contribution in [2.45, 2.75) is 38.5 Å². The predicted octanol–water partition coefficient (Wildman–Crippen LogP) is 4.61. The minimum Gasteiger partial charge on any atom is -0.352 e. The van der Waals surface area contributed by atoms with Gasteiger partial charge in [0, 0.05) is 25.6 Å². The Bertz CT molecular complexity index is 908. The van der Waals surface area contributed by atoms with Crippen molar-refractivity contribution in [2.75, 3.05) is 19.6 Å². The van der Waals surface area contributed by atoms with Crippen molar-refractivity contribution >= 4 is 11.8 Å². The molecular weight excluding hydrogens is 384 g/mol. The SMILES string of the molecule is C=CCNC(=O)C1(Cc2ccc(-c3ccccc3)cc2)CCN(C(=O)C2CCC2)CC1. The van der Waals surface area contributed by atoms with Crippen LogP contribution >= 0.6 is 0 Å². The lowest BCUT2D eigenvalue weighted by atomic mass is 9.72. The molecule has 4 nitrogen and oxygen atoms in total. The van der Waals surface area contributed by atoms with Crippen LogP contribution in [0.3, 0.4) is 0 Å². The van der Waals surface area contributed by atoms with Crippen molar-refractivity contribution in [1.82, 2.24) is 10.2 Å². The highest BCUT2D eigenvalue weighted by Gasteiger charge is 2.43. The van der Waals surface area contributed by atoms with Crippen molar-refractivity contribution in [3.05, 3.63) is 72.8 Å². The summed E-state index contributed by atoms with van der Waals surface area (Å²) in [5.74, 6) is 0.585. The fourth-order valence-electron chi connectivity index (χ4n) is 4.74. The average molecular weight is 417 g/mol. The van der Waals surface area contributed by atoms with E-state index in [9.17, 15) is 9.59 Å². The van der Waals surface area contributed by atoms with Crippen LogP contribution < -0.4 is 5.32 Å². The summed E-state index contributed by atoms with van der Waals surface area (Å²) in [5.41, 5.74) is 3.05. The first-order valence-corrected chi connectivity index (χ1v) is 11.4. The molecule has 162 valence electrons. The second kappa shape index (κ2) is 9.51. The molecule has 4 heteroatoms. The van der Waals surface area contributed by atoms with E-state index in [2.05, 4.69) is 48.3 Å². The Morgan fingerprint density at radius 3 is 2.23 bits per heavy atom. The van der Waals surface area contributed by atoms with Crippen molar-refractivity contribution in [1.29, 1.82) is 0 Å². The Morgan fingerprint density at radius 2 is 1.65 bits per heavy atom. The van der Waals surface area contributed by atoms with Crippen LogP contribution in [0.1, 0.15) is 37.7 Å². The summed E-state index contributed by atoms with van der Waals surface area (Å²) >= 11 is 0. The molecule has 0 bridgehead atoms. The fraction of sp³-hybridized carbons (Fsp3) is 0.407. The molecule has 1 N–H and O–H groups in total. The van der Waals surface area contributed by atoms with Gasteiger partial charge in [0.2, 0.25) is 11.8 Å². The fourth-order valence-corrected chi connectivity index (χ4v) is 4.74. The number of carbonyl (C=O) groups excluding carboxylic acids is 2. The summed E-state index contributed by atoms with van der Waals surface area (Å²) in [6.45, 7) is 5.53. The molecule has 1 aliphatic carbocycles. The van der Waals surface area contributed by atoms with Gasteiger partial charge in [0.1, 0.15) is 0 Å². The van der Waals surface area contributed by atoms with E-state index in [0.717, 1.165) is 24.8 Å². The largest absolute Gasteiger partial charge is 0.352 e. The monoisotopic (exact) mass is 416 g/mol. The van der Waals surface area contributed by atoms with Gasteiger partial charge >= 0.3 is 0 Å². The topological polar surface area (TPSA) is 49.4 Å². The Labute approximate surface area is 185 Å². The molecule has 0 radical (unpaired) electrons. The van der Waals surface area contributed by atoms with E-state index in [1.165, 1.54) is 11.1 Å².